The number of nitriles is 2. The van der Waals surface area contributed by atoms with Crippen molar-refractivity contribution in [2.75, 3.05) is 26.4 Å². The normalized spacial score (nSPS) is 11.6. The lowest BCUT2D eigenvalue weighted by Gasteiger charge is -2.13. The summed E-state index contributed by atoms with van der Waals surface area (Å²) in [6.07, 6.45) is 22.0. The van der Waals surface area contributed by atoms with Gasteiger partial charge in [0.1, 0.15) is 35.1 Å². The minimum Gasteiger partial charge on any atom is -0.494 e. The molecule has 0 radical (unpaired) electrons. The highest BCUT2D eigenvalue weighted by Gasteiger charge is 2.15. The number of unbranched alkanes of at least 4 members (excludes halogenated alkanes) is 12. The molecule has 2 heterocycles. The number of hydrogen-bond donors (Lipinski definition) is 0. The molecule has 6 nitrogen and oxygen atoms in total. The summed E-state index contributed by atoms with van der Waals surface area (Å²) in [5.74, 6) is 3.08. The van der Waals surface area contributed by atoms with Crippen LogP contribution in [0.3, 0.4) is 0 Å². The second kappa shape index (κ2) is 27.2. The Balaban J connectivity index is 1.56. The first kappa shape index (κ1) is 46.2. The molecule has 0 aliphatic carbocycles. The molecule has 0 aliphatic rings. The monoisotopic (exact) mass is 820 g/mol. The fourth-order valence-corrected chi connectivity index (χ4v) is 8.47. The van der Waals surface area contributed by atoms with Crippen molar-refractivity contribution in [3.8, 4) is 44.9 Å². The van der Waals surface area contributed by atoms with E-state index in [-0.39, 0.29) is 0 Å². The first-order valence-electron chi connectivity index (χ1n) is 21.8. The highest BCUT2D eigenvalue weighted by Crippen LogP contribution is 2.40. The zero-order valence-corrected chi connectivity index (χ0v) is 37.0. The maximum Gasteiger partial charge on any atom is 0.126 e. The molecule has 0 amide bonds. The van der Waals surface area contributed by atoms with Crippen molar-refractivity contribution >= 4 is 46.0 Å². The third kappa shape index (κ3) is 15.7. The number of nitrogens with zero attached hydrogens (tertiary/aromatic N) is 2. The van der Waals surface area contributed by atoms with Crippen molar-refractivity contribution in [3.63, 3.8) is 0 Å². The average Bonchev–Trinajstić information content (AvgIpc) is 3.94. The first-order valence-corrected chi connectivity index (χ1v) is 23.4. The quantitative estimate of drug-likeness (QED) is 0.0401. The molecule has 0 spiro atoms. The van der Waals surface area contributed by atoms with E-state index in [1.807, 2.05) is 60.7 Å². The van der Waals surface area contributed by atoms with Gasteiger partial charge in [-0.2, -0.15) is 10.5 Å². The summed E-state index contributed by atoms with van der Waals surface area (Å²) in [7, 11) is 0. The average molecular weight is 821 g/mol. The van der Waals surface area contributed by atoms with E-state index in [4.69, 9.17) is 18.9 Å². The highest BCUT2D eigenvalue weighted by molar-refractivity contribution is 7.23. The number of ether oxygens (including phenoxy) is 4. The molecular formula is C50H64N2O4S2. The molecule has 0 bridgehead atoms. The Hall–Kier alpha value is -4.50. The van der Waals surface area contributed by atoms with E-state index in [1.165, 1.54) is 51.4 Å². The smallest absolute Gasteiger partial charge is 0.126 e. The number of rotatable bonds is 29. The van der Waals surface area contributed by atoms with E-state index in [2.05, 4.69) is 52.0 Å². The van der Waals surface area contributed by atoms with Gasteiger partial charge in [0.15, 0.2) is 0 Å². The number of benzene rings is 2. The predicted octanol–water partition coefficient (Wildman–Crippen LogP) is 15.4. The summed E-state index contributed by atoms with van der Waals surface area (Å²) >= 11 is 3.15. The Bertz CT molecular complexity index is 1800. The van der Waals surface area contributed by atoms with E-state index in [1.54, 1.807) is 22.7 Å². The summed E-state index contributed by atoms with van der Waals surface area (Å²) in [5.41, 5.74) is 2.81. The Labute approximate surface area is 357 Å². The standard InChI is InChI=1S/C50H64N2O4S2/c1-5-9-13-17-29-53-43-21-23-45(55-31-19-15-11-7-3)39(35-43)33-41(37-51)47-25-27-49(57-47)50-28-26-48(58-50)42(38-52)34-40-36-44(54-30-18-14-10-6-2)22-24-46(40)56-32-20-16-12-8-4/h21-28,33-36H,5-20,29-32H2,1-4H3/b41-33+,42-34+. The molecule has 2 aromatic heterocycles. The number of thiophene rings is 2. The van der Waals surface area contributed by atoms with Gasteiger partial charge >= 0.3 is 0 Å². The van der Waals surface area contributed by atoms with Gasteiger partial charge in [0, 0.05) is 30.6 Å². The molecule has 0 atom stereocenters. The topological polar surface area (TPSA) is 84.5 Å². The first-order chi connectivity index (χ1) is 28.5. The Kier molecular flexibility index (Phi) is 21.7. The maximum atomic E-state index is 10.4. The summed E-state index contributed by atoms with van der Waals surface area (Å²) in [5, 5.41) is 20.8. The van der Waals surface area contributed by atoms with Gasteiger partial charge in [-0.25, -0.2) is 0 Å². The molecule has 58 heavy (non-hydrogen) atoms. The molecule has 0 unspecified atom stereocenters. The van der Waals surface area contributed by atoms with Crippen LogP contribution >= 0.6 is 22.7 Å². The summed E-state index contributed by atoms with van der Waals surface area (Å²) in [4.78, 5) is 3.82. The van der Waals surface area contributed by atoms with Gasteiger partial charge in [0.05, 0.1) is 37.6 Å². The van der Waals surface area contributed by atoms with Gasteiger partial charge in [-0.15, -0.1) is 22.7 Å². The minimum atomic E-state index is 0.566. The van der Waals surface area contributed by atoms with Gasteiger partial charge in [-0.1, -0.05) is 105 Å². The van der Waals surface area contributed by atoms with Crippen LogP contribution in [0.4, 0.5) is 0 Å². The molecule has 2 aromatic carbocycles. The fourth-order valence-electron chi connectivity index (χ4n) is 6.44. The van der Waals surface area contributed by atoms with Gasteiger partial charge < -0.3 is 18.9 Å². The van der Waals surface area contributed by atoms with Crippen LogP contribution in [0.25, 0.3) is 33.1 Å². The lowest BCUT2D eigenvalue weighted by Crippen LogP contribution is -2.01. The SMILES string of the molecule is CCCCCCOc1ccc(OCCCCCC)c(/C=C(\C#N)c2ccc(-c3ccc(/C(C#N)=C/c4cc(OCCCCCC)ccc4OCCCCCC)s3)s2)c1. The summed E-state index contributed by atoms with van der Waals surface area (Å²) < 4.78 is 24.8. The van der Waals surface area contributed by atoms with Gasteiger partial charge in [-0.05, 0) is 98.5 Å². The summed E-state index contributed by atoms with van der Waals surface area (Å²) in [6, 6.07) is 24.9. The molecule has 0 N–H and O–H groups in total. The van der Waals surface area contributed by atoms with Crippen LogP contribution in [0.2, 0.25) is 0 Å². The molecule has 8 heteroatoms. The van der Waals surface area contributed by atoms with Crippen LogP contribution in [-0.4, -0.2) is 26.4 Å². The van der Waals surface area contributed by atoms with Crippen LogP contribution in [0.15, 0.2) is 60.7 Å². The van der Waals surface area contributed by atoms with E-state index in [0.29, 0.717) is 37.6 Å². The van der Waals surface area contributed by atoms with Crippen molar-refractivity contribution in [1.82, 2.24) is 0 Å². The highest BCUT2D eigenvalue weighted by atomic mass is 32.1. The van der Waals surface area contributed by atoms with E-state index >= 15 is 0 Å². The zero-order valence-electron chi connectivity index (χ0n) is 35.4. The number of allylic oxidation sites excluding steroid dienone is 2. The van der Waals surface area contributed by atoms with Crippen molar-refractivity contribution in [3.05, 3.63) is 81.5 Å². The molecule has 310 valence electrons. The van der Waals surface area contributed by atoms with Crippen molar-refractivity contribution in [2.45, 2.75) is 130 Å². The lowest BCUT2D eigenvalue weighted by molar-refractivity contribution is 0.296. The molecule has 0 saturated heterocycles. The molecule has 4 rings (SSSR count). The van der Waals surface area contributed by atoms with Gasteiger partial charge in [0.2, 0.25) is 0 Å². The van der Waals surface area contributed by atoms with Gasteiger partial charge in [-0.3, -0.25) is 0 Å². The molecule has 0 aliphatic heterocycles. The maximum absolute atomic E-state index is 10.4. The van der Waals surface area contributed by atoms with Crippen LogP contribution in [0.5, 0.6) is 23.0 Å². The van der Waals surface area contributed by atoms with E-state index < -0.39 is 0 Å². The van der Waals surface area contributed by atoms with E-state index in [0.717, 1.165) is 105 Å². The fraction of sp³-hybridized carbons (Fsp3) is 0.480. The van der Waals surface area contributed by atoms with E-state index in [9.17, 15) is 10.5 Å². The number of hydrogen-bond acceptors (Lipinski definition) is 8. The van der Waals surface area contributed by atoms with Crippen molar-refractivity contribution < 1.29 is 18.9 Å². The third-order valence-electron chi connectivity index (χ3n) is 9.83. The second-order valence-electron chi connectivity index (χ2n) is 14.7. The Morgan fingerprint density at radius 2 is 0.828 bits per heavy atom. The predicted molar refractivity (Wildman–Crippen MR) is 246 cm³/mol. The minimum absolute atomic E-state index is 0.566. The van der Waals surface area contributed by atoms with Crippen LogP contribution in [-0.2, 0) is 0 Å². The third-order valence-corrected chi connectivity index (χ3v) is 12.3. The Morgan fingerprint density at radius 3 is 1.17 bits per heavy atom. The molecule has 0 fully saturated rings. The largest absolute Gasteiger partial charge is 0.494 e. The Morgan fingerprint density at radius 1 is 0.466 bits per heavy atom. The van der Waals surface area contributed by atoms with Crippen LogP contribution < -0.4 is 18.9 Å². The second-order valence-corrected chi connectivity index (χ2v) is 16.9. The zero-order chi connectivity index (χ0) is 41.2. The van der Waals surface area contributed by atoms with Crippen LogP contribution in [0, 0.1) is 22.7 Å². The molecule has 4 aromatic rings. The molecular weight excluding hydrogens is 757 g/mol. The lowest BCUT2D eigenvalue weighted by atomic mass is 10.1. The van der Waals surface area contributed by atoms with Crippen LogP contribution in [0.1, 0.15) is 151 Å². The van der Waals surface area contributed by atoms with Gasteiger partial charge in [0.25, 0.3) is 0 Å². The van der Waals surface area contributed by atoms with Crippen molar-refractivity contribution in [1.29, 1.82) is 10.5 Å². The van der Waals surface area contributed by atoms with Crippen molar-refractivity contribution in [2.24, 2.45) is 0 Å². The summed E-state index contributed by atoms with van der Waals surface area (Å²) in [6.45, 7) is 11.4. The molecule has 0 saturated carbocycles.